The molecule has 1 fully saturated rings. The number of nitrogens with zero attached hydrogens (tertiary/aromatic N) is 1. The summed E-state index contributed by atoms with van der Waals surface area (Å²) in [6.07, 6.45) is 5.58. The van der Waals surface area contributed by atoms with Gasteiger partial charge in [-0.3, -0.25) is 9.59 Å². The van der Waals surface area contributed by atoms with Crippen LogP contribution in [0.25, 0.3) is 0 Å². The number of carbonyl (C=O) groups excluding carboxylic acids is 2. The lowest BCUT2D eigenvalue weighted by Crippen LogP contribution is -2.50. The summed E-state index contributed by atoms with van der Waals surface area (Å²) in [6, 6.07) is 15.5. The molecule has 3 rings (SSSR count). The number of amides is 2. The number of carbonyl (C=O) groups is 2. The van der Waals surface area contributed by atoms with E-state index >= 15 is 0 Å². The van der Waals surface area contributed by atoms with Crippen LogP contribution in [0, 0.1) is 6.92 Å². The van der Waals surface area contributed by atoms with E-state index in [-0.39, 0.29) is 17.9 Å². The Morgan fingerprint density at radius 1 is 1.09 bits per heavy atom. The Morgan fingerprint density at radius 2 is 1.81 bits per heavy atom. The lowest BCUT2D eigenvalue weighted by Gasteiger charge is -2.31. The van der Waals surface area contributed by atoms with Gasteiger partial charge >= 0.3 is 0 Å². The summed E-state index contributed by atoms with van der Waals surface area (Å²) >= 11 is 7.74. The highest BCUT2D eigenvalue weighted by molar-refractivity contribution is 7.99. The third kappa shape index (κ3) is 7.56. The molecule has 6 heteroatoms. The van der Waals surface area contributed by atoms with Crippen molar-refractivity contribution in [3.8, 4) is 0 Å². The van der Waals surface area contributed by atoms with Crippen LogP contribution < -0.4 is 5.32 Å². The summed E-state index contributed by atoms with van der Waals surface area (Å²) < 4.78 is 0. The third-order valence-corrected chi connectivity index (χ3v) is 7.16. The first-order valence-corrected chi connectivity index (χ1v) is 12.9. The summed E-state index contributed by atoms with van der Waals surface area (Å²) in [5, 5.41) is 3.80. The summed E-state index contributed by atoms with van der Waals surface area (Å²) in [5.74, 6) is 0.987. The van der Waals surface area contributed by atoms with Crippen molar-refractivity contribution in [2.75, 3.05) is 5.75 Å². The SMILES string of the molecule is Cc1cccc(CSCC(=O)N(Cc2cccc(Cl)c2)C(C)C(=O)NC2CCCCC2)c1. The molecule has 1 saturated carbocycles. The molecule has 4 nitrogen and oxygen atoms in total. The minimum Gasteiger partial charge on any atom is -0.352 e. The van der Waals surface area contributed by atoms with Gasteiger partial charge in [0, 0.05) is 23.4 Å². The molecule has 0 spiro atoms. The number of aryl methyl sites for hydroxylation is 1. The van der Waals surface area contributed by atoms with Crippen molar-refractivity contribution in [1.82, 2.24) is 10.2 Å². The molecule has 0 saturated heterocycles. The number of nitrogens with one attached hydrogen (secondary N) is 1. The first-order valence-electron chi connectivity index (χ1n) is 11.4. The standard InChI is InChI=1S/C26H33ClN2O2S/c1-19-8-6-10-22(14-19)17-32-18-25(30)29(16-21-9-7-11-23(27)15-21)20(2)26(31)28-24-12-4-3-5-13-24/h6-11,14-15,20,24H,3-5,12-13,16-18H2,1-2H3,(H,28,31). The van der Waals surface area contributed by atoms with E-state index in [1.165, 1.54) is 17.5 Å². The predicted octanol–water partition coefficient (Wildman–Crippen LogP) is 5.75. The fourth-order valence-corrected chi connectivity index (χ4v) is 5.20. The van der Waals surface area contributed by atoms with Crippen molar-refractivity contribution in [1.29, 1.82) is 0 Å². The largest absolute Gasteiger partial charge is 0.352 e. The van der Waals surface area contributed by atoms with Gasteiger partial charge in [0.15, 0.2) is 0 Å². The highest BCUT2D eigenvalue weighted by Gasteiger charge is 2.28. The second kappa shape index (κ2) is 12.3. The molecular formula is C26H33ClN2O2S. The Bertz CT molecular complexity index is 914. The molecule has 1 aliphatic carbocycles. The molecule has 1 aliphatic rings. The van der Waals surface area contributed by atoms with Gasteiger partial charge in [0.2, 0.25) is 11.8 Å². The smallest absolute Gasteiger partial charge is 0.242 e. The van der Waals surface area contributed by atoms with Crippen LogP contribution in [0.4, 0.5) is 0 Å². The zero-order valence-corrected chi connectivity index (χ0v) is 20.6. The first kappa shape index (κ1) is 24.7. The summed E-state index contributed by atoms with van der Waals surface area (Å²) in [7, 11) is 0. The maximum absolute atomic E-state index is 13.2. The van der Waals surface area contributed by atoms with E-state index in [1.54, 1.807) is 16.7 Å². The van der Waals surface area contributed by atoms with Gasteiger partial charge in [-0.2, -0.15) is 0 Å². The molecule has 1 N–H and O–H groups in total. The number of benzene rings is 2. The molecule has 2 aromatic carbocycles. The van der Waals surface area contributed by atoms with Crippen molar-refractivity contribution in [3.05, 3.63) is 70.2 Å². The number of rotatable bonds is 9. The van der Waals surface area contributed by atoms with E-state index in [2.05, 4.69) is 30.4 Å². The van der Waals surface area contributed by atoms with E-state index in [0.717, 1.165) is 37.0 Å². The Kier molecular flexibility index (Phi) is 9.49. The quantitative estimate of drug-likeness (QED) is 0.505. The highest BCUT2D eigenvalue weighted by Crippen LogP contribution is 2.20. The number of hydrogen-bond donors (Lipinski definition) is 1. The average Bonchev–Trinajstić information content (AvgIpc) is 2.77. The Labute approximate surface area is 201 Å². The van der Waals surface area contributed by atoms with Crippen LogP contribution in [0.15, 0.2) is 48.5 Å². The molecule has 1 atom stereocenters. The van der Waals surface area contributed by atoms with E-state index in [1.807, 2.05) is 37.3 Å². The normalized spacial score (nSPS) is 15.2. The van der Waals surface area contributed by atoms with Crippen LogP contribution in [0.1, 0.15) is 55.7 Å². The maximum Gasteiger partial charge on any atom is 0.242 e. The zero-order valence-electron chi connectivity index (χ0n) is 19.0. The maximum atomic E-state index is 13.2. The molecular weight excluding hydrogens is 440 g/mol. The number of halogens is 1. The van der Waals surface area contributed by atoms with E-state index in [9.17, 15) is 9.59 Å². The molecule has 2 amide bonds. The van der Waals surface area contributed by atoms with Crippen LogP contribution in [0.3, 0.4) is 0 Å². The van der Waals surface area contributed by atoms with E-state index in [4.69, 9.17) is 11.6 Å². The minimum absolute atomic E-state index is 0.0334. The molecule has 0 aromatic heterocycles. The highest BCUT2D eigenvalue weighted by atomic mass is 35.5. The summed E-state index contributed by atoms with van der Waals surface area (Å²) in [4.78, 5) is 27.9. The van der Waals surface area contributed by atoms with Gasteiger partial charge in [-0.05, 0) is 49.9 Å². The average molecular weight is 473 g/mol. The molecule has 0 bridgehead atoms. The third-order valence-electron chi connectivity index (χ3n) is 5.94. The molecule has 2 aromatic rings. The van der Waals surface area contributed by atoms with Crippen molar-refractivity contribution in [2.24, 2.45) is 0 Å². The first-order chi connectivity index (χ1) is 15.4. The Hall–Kier alpha value is -1.98. The minimum atomic E-state index is -0.539. The van der Waals surface area contributed by atoms with Crippen molar-refractivity contribution in [2.45, 2.75) is 70.3 Å². The van der Waals surface area contributed by atoms with Crippen LogP contribution in [-0.2, 0) is 21.9 Å². The van der Waals surface area contributed by atoms with Crippen LogP contribution in [0.2, 0.25) is 5.02 Å². The second-order valence-corrected chi connectivity index (χ2v) is 10.1. The monoisotopic (exact) mass is 472 g/mol. The fraction of sp³-hybridized carbons (Fsp3) is 0.462. The lowest BCUT2D eigenvalue weighted by molar-refractivity contribution is -0.139. The van der Waals surface area contributed by atoms with Gasteiger partial charge in [-0.1, -0.05) is 72.8 Å². The topological polar surface area (TPSA) is 49.4 Å². The van der Waals surface area contributed by atoms with Crippen molar-refractivity contribution in [3.63, 3.8) is 0 Å². The van der Waals surface area contributed by atoms with Gasteiger partial charge < -0.3 is 10.2 Å². The molecule has 0 heterocycles. The van der Waals surface area contributed by atoms with Crippen molar-refractivity contribution >= 4 is 35.2 Å². The Balaban J connectivity index is 1.65. The predicted molar refractivity (Wildman–Crippen MR) is 134 cm³/mol. The molecule has 0 radical (unpaired) electrons. The van der Waals surface area contributed by atoms with Gasteiger partial charge in [0.05, 0.1) is 5.75 Å². The van der Waals surface area contributed by atoms with Gasteiger partial charge in [0.25, 0.3) is 0 Å². The van der Waals surface area contributed by atoms with Crippen LogP contribution in [-0.4, -0.2) is 34.6 Å². The summed E-state index contributed by atoms with van der Waals surface area (Å²) in [5.41, 5.74) is 3.34. The number of thioether (sulfide) groups is 1. The molecule has 32 heavy (non-hydrogen) atoms. The second-order valence-electron chi connectivity index (χ2n) is 8.65. The van der Waals surface area contributed by atoms with E-state index in [0.29, 0.717) is 17.3 Å². The van der Waals surface area contributed by atoms with Crippen LogP contribution in [0.5, 0.6) is 0 Å². The molecule has 172 valence electrons. The van der Waals surface area contributed by atoms with E-state index < -0.39 is 6.04 Å². The number of hydrogen-bond acceptors (Lipinski definition) is 3. The lowest BCUT2D eigenvalue weighted by atomic mass is 9.95. The zero-order chi connectivity index (χ0) is 22.9. The molecule has 0 aliphatic heterocycles. The van der Waals surface area contributed by atoms with Gasteiger partial charge in [-0.15, -0.1) is 11.8 Å². The summed E-state index contributed by atoms with van der Waals surface area (Å²) in [6.45, 7) is 4.26. The van der Waals surface area contributed by atoms with Crippen molar-refractivity contribution < 1.29 is 9.59 Å². The Morgan fingerprint density at radius 3 is 2.53 bits per heavy atom. The van der Waals surface area contributed by atoms with Gasteiger partial charge in [0.1, 0.15) is 6.04 Å². The van der Waals surface area contributed by atoms with Crippen LogP contribution >= 0.6 is 23.4 Å². The molecule has 1 unspecified atom stereocenters. The fourth-order valence-electron chi connectivity index (χ4n) is 4.12. The van der Waals surface area contributed by atoms with Gasteiger partial charge in [-0.25, -0.2) is 0 Å².